The lowest BCUT2D eigenvalue weighted by molar-refractivity contribution is -0.139. The van der Waals surface area contributed by atoms with Gasteiger partial charge in [0.1, 0.15) is 0 Å². The van der Waals surface area contributed by atoms with Crippen LogP contribution >= 0.6 is 0 Å². The summed E-state index contributed by atoms with van der Waals surface area (Å²) in [6.45, 7) is 3.92. The van der Waals surface area contributed by atoms with E-state index in [4.69, 9.17) is 4.74 Å². The first-order valence-corrected chi connectivity index (χ1v) is 7.17. The minimum absolute atomic E-state index is 0.00565. The number of likely N-dealkylation sites (N-methyl/N-ethyl adjacent to an activating group) is 1. The molecule has 0 heterocycles. The molecule has 1 aromatic rings. The number of nitrogens with zero attached hydrogens (tertiary/aromatic N) is 1. The molecule has 0 aromatic heterocycles. The maximum atomic E-state index is 11.6. The van der Waals surface area contributed by atoms with Crippen LogP contribution < -0.4 is 5.32 Å². The molecule has 0 radical (unpaired) electrons. The van der Waals surface area contributed by atoms with Crippen molar-refractivity contribution < 1.29 is 14.3 Å². The first-order valence-electron chi connectivity index (χ1n) is 7.17. The Morgan fingerprint density at radius 3 is 2.48 bits per heavy atom. The topological polar surface area (TPSA) is 58.6 Å². The first kappa shape index (κ1) is 17.2. The van der Waals surface area contributed by atoms with Gasteiger partial charge in [-0.1, -0.05) is 31.2 Å². The molecule has 0 atom stereocenters. The SMILES string of the molecule is CCCN(CC(=O)NC)Cc1ccccc1CC(=O)OC. The number of rotatable bonds is 8. The molecule has 1 rings (SSSR count). The Hall–Kier alpha value is -1.88. The van der Waals surface area contributed by atoms with Gasteiger partial charge in [0.2, 0.25) is 5.91 Å². The zero-order valence-electron chi connectivity index (χ0n) is 13.0. The van der Waals surface area contributed by atoms with Crippen LogP contribution in [0.4, 0.5) is 0 Å². The normalized spacial score (nSPS) is 10.5. The largest absolute Gasteiger partial charge is 0.469 e. The van der Waals surface area contributed by atoms with Gasteiger partial charge in [0, 0.05) is 13.6 Å². The number of ether oxygens (including phenoxy) is 1. The highest BCUT2D eigenvalue weighted by atomic mass is 16.5. The lowest BCUT2D eigenvalue weighted by Crippen LogP contribution is -2.36. The summed E-state index contributed by atoms with van der Waals surface area (Å²) in [5.41, 5.74) is 2.00. The van der Waals surface area contributed by atoms with E-state index >= 15 is 0 Å². The minimum Gasteiger partial charge on any atom is -0.469 e. The molecule has 0 aliphatic carbocycles. The second-order valence-corrected chi connectivity index (χ2v) is 4.91. The molecule has 1 N–H and O–H groups in total. The standard InChI is InChI=1S/C16H24N2O3/c1-4-9-18(12-15(19)17-2)11-14-8-6-5-7-13(14)10-16(20)21-3/h5-8H,4,9-12H2,1-3H3,(H,17,19). The molecule has 5 heteroatoms. The Morgan fingerprint density at radius 2 is 1.90 bits per heavy atom. The summed E-state index contributed by atoms with van der Waals surface area (Å²) in [6, 6.07) is 7.77. The van der Waals surface area contributed by atoms with Crippen LogP contribution in [0.2, 0.25) is 0 Å². The number of esters is 1. The fourth-order valence-electron chi connectivity index (χ4n) is 2.17. The van der Waals surface area contributed by atoms with Gasteiger partial charge in [-0.05, 0) is 24.1 Å². The fourth-order valence-corrected chi connectivity index (χ4v) is 2.17. The maximum absolute atomic E-state index is 11.6. The molecule has 5 nitrogen and oxygen atoms in total. The summed E-state index contributed by atoms with van der Waals surface area (Å²) in [6.07, 6.45) is 1.22. The quantitative estimate of drug-likeness (QED) is 0.735. The van der Waals surface area contributed by atoms with Crippen molar-refractivity contribution in [2.75, 3.05) is 27.2 Å². The molecule has 0 spiro atoms. The van der Waals surface area contributed by atoms with Gasteiger partial charge in [-0.3, -0.25) is 14.5 Å². The van der Waals surface area contributed by atoms with Gasteiger partial charge in [0.05, 0.1) is 20.1 Å². The van der Waals surface area contributed by atoms with Crippen molar-refractivity contribution >= 4 is 11.9 Å². The number of nitrogens with one attached hydrogen (secondary N) is 1. The number of hydrogen-bond acceptors (Lipinski definition) is 4. The van der Waals surface area contributed by atoms with E-state index in [0.29, 0.717) is 13.1 Å². The van der Waals surface area contributed by atoms with Gasteiger partial charge in [-0.15, -0.1) is 0 Å². The lowest BCUT2D eigenvalue weighted by Gasteiger charge is -2.22. The average Bonchev–Trinajstić information content (AvgIpc) is 2.49. The molecule has 21 heavy (non-hydrogen) atoms. The van der Waals surface area contributed by atoms with Gasteiger partial charge in [0.25, 0.3) is 0 Å². The molecule has 0 bridgehead atoms. The van der Waals surface area contributed by atoms with Crippen LogP contribution in [0, 0.1) is 0 Å². The molecule has 0 aliphatic heterocycles. The zero-order valence-corrected chi connectivity index (χ0v) is 13.0. The van der Waals surface area contributed by atoms with Crippen LogP contribution in [0.5, 0.6) is 0 Å². The number of carbonyl (C=O) groups excluding carboxylic acids is 2. The Labute approximate surface area is 126 Å². The van der Waals surface area contributed by atoms with Gasteiger partial charge in [-0.2, -0.15) is 0 Å². The van der Waals surface area contributed by atoms with Crippen molar-refractivity contribution in [3.8, 4) is 0 Å². The summed E-state index contributed by atoms with van der Waals surface area (Å²) in [4.78, 5) is 25.1. The predicted octanol–water partition coefficient (Wildman–Crippen LogP) is 1.36. The van der Waals surface area contributed by atoms with E-state index in [0.717, 1.165) is 24.1 Å². The number of carbonyl (C=O) groups is 2. The highest BCUT2D eigenvalue weighted by molar-refractivity contribution is 5.77. The van der Waals surface area contributed by atoms with Crippen LogP contribution in [0.3, 0.4) is 0 Å². The lowest BCUT2D eigenvalue weighted by atomic mass is 10.0. The molecular weight excluding hydrogens is 268 g/mol. The van der Waals surface area contributed by atoms with Gasteiger partial charge in [0.15, 0.2) is 0 Å². The van der Waals surface area contributed by atoms with Crippen LogP contribution in [-0.4, -0.2) is 44.0 Å². The predicted molar refractivity (Wildman–Crippen MR) is 81.8 cm³/mol. The number of hydrogen-bond donors (Lipinski definition) is 1. The van der Waals surface area contributed by atoms with E-state index in [-0.39, 0.29) is 18.3 Å². The van der Waals surface area contributed by atoms with E-state index < -0.39 is 0 Å². The number of methoxy groups -OCH3 is 1. The van der Waals surface area contributed by atoms with Crippen LogP contribution in [0.1, 0.15) is 24.5 Å². The maximum Gasteiger partial charge on any atom is 0.309 e. The molecule has 0 saturated carbocycles. The van der Waals surface area contributed by atoms with E-state index in [1.54, 1.807) is 7.05 Å². The Balaban J connectivity index is 2.82. The summed E-state index contributed by atoms with van der Waals surface area (Å²) in [7, 11) is 3.03. The Bertz CT molecular complexity index is 474. The Kier molecular flexibility index (Phi) is 7.46. The summed E-state index contributed by atoms with van der Waals surface area (Å²) in [5.74, 6) is -0.260. The van der Waals surface area contributed by atoms with Crippen molar-refractivity contribution in [1.29, 1.82) is 0 Å². The average molecular weight is 292 g/mol. The summed E-state index contributed by atoms with van der Waals surface area (Å²) in [5, 5.41) is 2.64. The number of benzene rings is 1. The number of amides is 1. The van der Waals surface area contributed by atoms with E-state index in [9.17, 15) is 9.59 Å². The van der Waals surface area contributed by atoms with Gasteiger partial charge >= 0.3 is 5.97 Å². The molecule has 116 valence electrons. The van der Waals surface area contributed by atoms with Crippen molar-refractivity contribution in [2.45, 2.75) is 26.3 Å². The monoisotopic (exact) mass is 292 g/mol. The molecule has 0 saturated heterocycles. The summed E-state index contributed by atoms with van der Waals surface area (Å²) < 4.78 is 4.73. The molecule has 1 amide bonds. The molecule has 0 unspecified atom stereocenters. The highest BCUT2D eigenvalue weighted by Crippen LogP contribution is 2.13. The van der Waals surface area contributed by atoms with E-state index in [1.807, 2.05) is 24.3 Å². The van der Waals surface area contributed by atoms with Gasteiger partial charge in [-0.25, -0.2) is 0 Å². The highest BCUT2D eigenvalue weighted by Gasteiger charge is 2.13. The van der Waals surface area contributed by atoms with Crippen LogP contribution in [0.25, 0.3) is 0 Å². The third-order valence-electron chi connectivity index (χ3n) is 3.26. The zero-order chi connectivity index (χ0) is 15.7. The van der Waals surface area contributed by atoms with Gasteiger partial charge < -0.3 is 10.1 Å². The molecule has 0 aliphatic rings. The van der Waals surface area contributed by atoms with Crippen molar-refractivity contribution in [3.63, 3.8) is 0 Å². The van der Waals surface area contributed by atoms with Crippen LogP contribution in [-0.2, 0) is 27.3 Å². The van der Waals surface area contributed by atoms with Crippen molar-refractivity contribution in [1.82, 2.24) is 10.2 Å². The van der Waals surface area contributed by atoms with E-state index in [2.05, 4.69) is 17.1 Å². The van der Waals surface area contributed by atoms with Crippen molar-refractivity contribution in [2.24, 2.45) is 0 Å². The minimum atomic E-state index is -0.254. The molecular formula is C16H24N2O3. The second-order valence-electron chi connectivity index (χ2n) is 4.91. The summed E-state index contributed by atoms with van der Waals surface area (Å²) >= 11 is 0. The Morgan fingerprint density at radius 1 is 1.24 bits per heavy atom. The van der Waals surface area contributed by atoms with E-state index in [1.165, 1.54) is 7.11 Å². The second kappa shape index (κ2) is 9.13. The molecule has 0 fully saturated rings. The third kappa shape index (κ3) is 5.95. The third-order valence-corrected chi connectivity index (χ3v) is 3.26. The smallest absolute Gasteiger partial charge is 0.309 e. The molecule has 1 aromatic carbocycles. The van der Waals surface area contributed by atoms with Crippen LogP contribution in [0.15, 0.2) is 24.3 Å². The van der Waals surface area contributed by atoms with Crippen molar-refractivity contribution in [3.05, 3.63) is 35.4 Å². The first-order chi connectivity index (χ1) is 10.1. The fraction of sp³-hybridized carbons (Fsp3) is 0.500.